The summed E-state index contributed by atoms with van der Waals surface area (Å²) in [7, 11) is 0. The molecular weight excluding hydrogens is 278 g/mol. The summed E-state index contributed by atoms with van der Waals surface area (Å²) in [6.07, 6.45) is 0.899. The molecule has 2 rings (SSSR count). The van der Waals surface area contributed by atoms with Crippen molar-refractivity contribution in [3.8, 4) is 5.75 Å². The van der Waals surface area contributed by atoms with E-state index >= 15 is 0 Å². The molecule has 0 spiro atoms. The molecule has 1 heterocycles. The van der Waals surface area contributed by atoms with Crippen molar-refractivity contribution in [3.05, 3.63) is 50.0 Å². The predicted octanol–water partition coefficient (Wildman–Crippen LogP) is 2.65. The fraction of sp³-hybridized carbons (Fsp3) is 0.308. The molecule has 20 heavy (non-hydrogen) atoms. The van der Waals surface area contributed by atoms with Gasteiger partial charge in [0.25, 0.3) is 5.69 Å². The van der Waals surface area contributed by atoms with E-state index in [-0.39, 0.29) is 12.2 Å². The first kappa shape index (κ1) is 14.4. The second-order valence-electron chi connectivity index (χ2n) is 4.13. The highest BCUT2D eigenvalue weighted by Crippen LogP contribution is 2.24. The number of rotatable bonds is 6. The number of ether oxygens (including phenoxy) is 1. The lowest BCUT2D eigenvalue weighted by molar-refractivity contribution is -0.384. The Morgan fingerprint density at radius 2 is 2.30 bits per heavy atom. The standard InChI is InChI=1S/C13H15N3O3S/c1-2-13-15-10(8-20-13)7-19-12-4-3-11(16(17)18)5-9(12)6-14/h3-5,8H,2,6-7,14H2,1H3. The molecule has 0 aliphatic rings. The zero-order chi connectivity index (χ0) is 14.5. The van der Waals surface area contributed by atoms with Gasteiger partial charge in [0.2, 0.25) is 0 Å². The van der Waals surface area contributed by atoms with Gasteiger partial charge in [-0.25, -0.2) is 4.98 Å². The van der Waals surface area contributed by atoms with E-state index in [1.165, 1.54) is 12.1 Å². The number of nitrogens with two attached hydrogens (primary N) is 1. The Morgan fingerprint density at radius 3 is 2.90 bits per heavy atom. The van der Waals surface area contributed by atoms with Crippen LogP contribution in [0.15, 0.2) is 23.6 Å². The van der Waals surface area contributed by atoms with Gasteiger partial charge in [-0.05, 0) is 12.5 Å². The molecule has 2 N–H and O–H groups in total. The minimum atomic E-state index is -0.448. The smallest absolute Gasteiger partial charge is 0.270 e. The summed E-state index contributed by atoms with van der Waals surface area (Å²) in [6.45, 7) is 2.57. The van der Waals surface area contributed by atoms with Gasteiger partial charge in [0.15, 0.2) is 0 Å². The third kappa shape index (κ3) is 3.31. The van der Waals surface area contributed by atoms with Crippen molar-refractivity contribution < 1.29 is 9.66 Å². The molecule has 0 aliphatic carbocycles. The third-order valence-electron chi connectivity index (χ3n) is 2.75. The van der Waals surface area contributed by atoms with E-state index in [0.29, 0.717) is 17.9 Å². The molecule has 2 aromatic rings. The first-order valence-corrected chi connectivity index (χ1v) is 7.05. The number of nitrogens with zero attached hydrogens (tertiary/aromatic N) is 2. The molecule has 0 radical (unpaired) electrons. The monoisotopic (exact) mass is 293 g/mol. The van der Waals surface area contributed by atoms with Crippen molar-refractivity contribution in [2.45, 2.75) is 26.5 Å². The summed E-state index contributed by atoms with van der Waals surface area (Å²) in [5.41, 5.74) is 7.08. The molecule has 1 aromatic heterocycles. The fourth-order valence-electron chi connectivity index (χ4n) is 1.71. The number of thiazole rings is 1. The van der Waals surface area contributed by atoms with Crippen LogP contribution in [0.1, 0.15) is 23.2 Å². The Hall–Kier alpha value is -1.99. The summed E-state index contributed by atoms with van der Waals surface area (Å²) >= 11 is 1.60. The Bertz CT molecular complexity index is 613. The zero-order valence-electron chi connectivity index (χ0n) is 11.0. The molecular formula is C13H15N3O3S. The van der Waals surface area contributed by atoms with Gasteiger partial charge in [-0.15, -0.1) is 11.3 Å². The molecule has 6 nitrogen and oxygen atoms in total. The van der Waals surface area contributed by atoms with Crippen molar-refractivity contribution in [3.63, 3.8) is 0 Å². The Balaban J connectivity index is 2.10. The molecule has 0 saturated carbocycles. The summed E-state index contributed by atoms with van der Waals surface area (Å²) in [6, 6.07) is 4.42. The van der Waals surface area contributed by atoms with E-state index < -0.39 is 4.92 Å². The van der Waals surface area contributed by atoms with Crippen LogP contribution in [0, 0.1) is 10.1 Å². The highest BCUT2D eigenvalue weighted by molar-refractivity contribution is 7.09. The molecule has 1 aromatic carbocycles. The lowest BCUT2D eigenvalue weighted by Gasteiger charge is -2.09. The van der Waals surface area contributed by atoms with Crippen molar-refractivity contribution in [2.75, 3.05) is 0 Å². The van der Waals surface area contributed by atoms with Gasteiger partial charge in [-0.2, -0.15) is 0 Å². The van der Waals surface area contributed by atoms with E-state index in [9.17, 15) is 10.1 Å². The van der Waals surface area contributed by atoms with Crippen molar-refractivity contribution >= 4 is 17.0 Å². The maximum absolute atomic E-state index is 10.7. The summed E-state index contributed by atoms with van der Waals surface area (Å²) < 4.78 is 5.65. The maximum Gasteiger partial charge on any atom is 0.270 e. The van der Waals surface area contributed by atoms with Crippen LogP contribution in [-0.2, 0) is 19.6 Å². The summed E-state index contributed by atoms with van der Waals surface area (Å²) in [4.78, 5) is 14.7. The molecule has 106 valence electrons. The highest BCUT2D eigenvalue weighted by atomic mass is 32.1. The zero-order valence-corrected chi connectivity index (χ0v) is 11.9. The summed E-state index contributed by atoms with van der Waals surface area (Å²) in [5.74, 6) is 0.559. The van der Waals surface area contributed by atoms with E-state index in [4.69, 9.17) is 10.5 Å². The van der Waals surface area contributed by atoms with Gasteiger partial charge in [0.05, 0.1) is 15.6 Å². The van der Waals surface area contributed by atoms with Crippen LogP contribution in [0.25, 0.3) is 0 Å². The van der Waals surface area contributed by atoms with Gasteiger partial charge in [-0.1, -0.05) is 6.92 Å². The summed E-state index contributed by atoms with van der Waals surface area (Å²) in [5, 5.41) is 13.7. The second kappa shape index (κ2) is 6.44. The molecule has 0 aliphatic heterocycles. The van der Waals surface area contributed by atoms with Crippen LogP contribution in [0.2, 0.25) is 0 Å². The van der Waals surface area contributed by atoms with E-state index in [1.54, 1.807) is 17.4 Å². The van der Waals surface area contributed by atoms with Gasteiger partial charge in [-0.3, -0.25) is 10.1 Å². The van der Waals surface area contributed by atoms with Crippen LogP contribution >= 0.6 is 11.3 Å². The number of aryl methyl sites for hydroxylation is 1. The van der Waals surface area contributed by atoms with Crippen molar-refractivity contribution in [1.29, 1.82) is 0 Å². The molecule has 7 heteroatoms. The highest BCUT2D eigenvalue weighted by Gasteiger charge is 2.11. The number of non-ortho nitro benzene ring substituents is 1. The lowest BCUT2D eigenvalue weighted by Crippen LogP contribution is -2.04. The number of hydrogen-bond acceptors (Lipinski definition) is 6. The molecule has 0 bridgehead atoms. The molecule has 0 fully saturated rings. The molecule has 0 atom stereocenters. The Morgan fingerprint density at radius 1 is 1.50 bits per heavy atom. The first-order valence-electron chi connectivity index (χ1n) is 6.17. The van der Waals surface area contributed by atoms with Gasteiger partial charge >= 0.3 is 0 Å². The minimum Gasteiger partial charge on any atom is -0.487 e. The van der Waals surface area contributed by atoms with Gasteiger partial charge < -0.3 is 10.5 Å². The number of nitro groups is 1. The Kier molecular flexibility index (Phi) is 4.65. The number of benzene rings is 1. The van der Waals surface area contributed by atoms with Crippen LogP contribution in [0.4, 0.5) is 5.69 Å². The predicted molar refractivity (Wildman–Crippen MR) is 76.8 cm³/mol. The largest absolute Gasteiger partial charge is 0.487 e. The van der Waals surface area contributed by atoms with Crippen LogP contribution in [0.3, 0.4) is 0 Å². The van der Waals surface area contributed by atoms with E-state index in [0.717, 1.165) is 17.1 Å². The average molecular weight is 293 g/mol. The number of nitro benzene ring substituents is 1. The fourth-order valence-corrected chi connectivity index (χ4v) is 2.44. The Labute approximate surface area is 120 Å². The van der Waals surface area contributed by atoms with Gasteiger partial charge in [0, 0.05) is 29.6 Å². The van der Waals surface area contributed by atoms with E-state index in [2.05, 4.69) is 4.98 Å². The number of aromatic nitrogens is 1. The quantitative estimate of drug-likeness (QED) is 0.653. The molecule has 0 amide bonds. The second-order valence-corrected chi connectivity index (χ2v) is 5.07. The number of hydrogen-bond donors (Lipinski definition) is 1. The molecule has 0 saturated heterocycles. The first-order chi connectivity index (χ1) is 9.63. The normalized spacial score (nSPS) is 10.5. The average Bonchev–Trinajstić information content (AvgIpc) is 2.92. The van der Waals surface area contributed by atoms with Crippen LogP contribution < -0.4 is 10.5 Å². The van der Waals surface area contributed by atoms with Crippen molar-refractivity contribution in [1.82, 2.24) is 4.98 Å². The minimum absolute atomic E-state index is 0.0136. The topological polar surface area (TPSA) is 91.3 Å². The SMILES string of the molecule is CCc1nc(COc2ccc([N+](=O)[O-])cc2CN)cs1. The molecule has 0 unspecified atom stereocenters. The van der Waals surface area contributed by atoms with Gasteiger partial charge in [0.1, 0.15) is 12.4 Å². The van der Waals surface area contributed by atoms with E-state index in [1.807, 2.05) is 12.3 Å². The maximum atomic E-state index is 10.7. The third-order valence-corrected chi connectivity index (χ3v) is 3.79. The van der Waals surface area contributed by atoms with Crippen LogP contribution in [0.5, 0.6) is 5.75 Å². The van der Waals surface area contributed by atoms with Crippen molar-refractivity contribution in [2.24, 2.45) is 5.73 Å². The lowest BCUT2D eigenvalue weighted by atomic mass is 10.2. The van der Waals surface area contributed by atoms with Crippen LogP contribution in [-0.4, -0.2) is 9.91 Å².